The summed E-state index contributed by atoms with van der Waals surface area (Å²) < 4.78 is 1.80. The van der Waals surface area contributed by atoms with E-state index in [1.807, 2.05) is 66.9 Å². The molecule has 0 aliphatic rings. The molecule has 0 fully saturated rings. The molecule has 0 atom stereocenters. The highest BCUT2D eigenvalue weighted by atomic mass is 16.2. The molecule has 0 radical (unpaired) electrons. The molecule has 0 saturated heterocycles. The van der Waals surface area contributed by atoms with E-state index in [0.717, 1.165) is 23.2 Å². The van der Waals surface area contributed by atoms with Crippen LogP contribution in [0.2, 0.25) is 0 Å². The van der Waals surface area contributed by atoms with E-state index in [2.05, 4.69) is 15.7 Å². The largest absolute Gasteiger partial charge is 0.356 e. The minimum Gasteiger partial charge on any atom is -0.356 e. The molecule has 2 N–H and O–H groups in total. The first kappa shape index (κ1) is 21.1. The van der Waals surface area contributed by atoms with Crippen LogP contribution in [-0.2, 0) is 17.8 Å². The summed E-state index contributed by atoms with van der Waals surface area (Å²) in [6.45, 7) is 1.39. The second-order valence-corrected chi connectivity index (χ2v) is 7.04. The molecule has 3 rings (SSSR count). The van der Waals surface area contributed by atoms with E-state index in [4.69, 9.17) is 0 Å². The molecule has 1 aromatic heterocycles. The number of hydrogen-bond acceptors (Lipinski definition) is 3. The average Bonchev–Trinajstić information content (AvgIpc) is 3.30. The Balaban J connectivity index is 1.30. The normalized spacial score (nSPS) is 10.4. The molecule has 7 nitrogen and oxygen atoms in total. The Morgan fingerprint density at radius 1 is 0.933 bits per heavy atom. The number of benzene rings is 2. The van der Waals surface area contributed by atoms with Crippen LogP contribution in [0.5, 0.6) is 0 Å². The Labute approximate surface area is 176 Å². The first-order valence-corrected chi connectivity index (χ1v) is 10.0. The van der Waals surface area contributed by atoms with Gasteiger partial charge in [0, 0.05) is 45.5 Å². The topological polar surface area (TPSA) is 79.3 Å². The zero-order valence-electron chi connectivity index (χ0n) is 17.1. The fraction of sp³-hybridized carbons (Fsp3) is 0.261. The van der Waals surface area contributed by atoms with Crippen molar-refractivity contribution in [3.05, 3.63) is 84.2 Å². The van der Waals surface area contributed by atoms with Gasteiger partial charge in [-0.05, 0) is 35.7 Å². The lowest BCUT2D eigenvalue weighted by molar-refractivity contribution is -0.120. The highest BCUT2D eigenvalue weighted by molar-refractivity contribution is 5.78. The van der Waals surface area contributed by atoms with Crippen molar-refractivity contribution in [2.24, 2.45) is 0 Å². The van der Waals surface area contributed by atoms with Crippen LogP contribution < -0.4 is 10.6 Å². The molecule has 1 heterocycles. The zero-order chi connectivity index (χ0) is 21.2. The molecule has 7 heteroatoms. The molecule has 3 amide bonds. The fourth-order valence-corrected chi connectivity index (χ4v) is 3.02. The highest BCUT2D eigenvalue weighted by Crippen LogP contribution is 2.09. The number of carbonyl (C=O) groups is 2. The zero-order valence-corrected chi connectivity index (χ0v) is 17.1. The van der Waals surface area contributed by atoms with Gasteiger partial charge in [0.15, 0.2) is 0 Å². The predicted molar refractivity (Wildman–Crippen MR) is 116 cm³/mol. The van der Waals surface area contributed by atoms with Crippen molar-refractivity contribution in [2.45, 2.75) is 19.4 Å². The fourth-order valence-electron chi connectivity index (χ4n) is 3.02. The maximum Gasteiger partial charge on any atom is 0.317 e. The first-order valence-electron chi connectivity index (χ1n) is 10.0. The summed E-state index contributed by atoms with van der Waals surface area (Å²) >= 11 is 0. The lowest BCUT2D eigenvalue weighted by Crippen LogP contribution is -2.39. The Morgan fingerprint density at radius 2 is 1.70 bits per heavy atom. The van der Waals surface area contributed by atoms with Crippen molar-refractivity contribution >= 4 is 11.9 Å². The van der Waals surface area contributed by atoms with Crippen LogP contribution in [0.15, 0.2) is 73.1 Å². The van der Waals surface area contributed by atoms with Gasteiger partial charge in [0.1, 0.15) is 0 Å². The van der Waals surface area contributed by atoms with Gasteiger partial charge in [-0.2, -0.15) is 5.10 Å². The van der Waals surface area contributed by atoms with Crippen molar-refractivity contribution in [1.29, 1.82) is 0 Å². The summed E-state index contributed by atoms with van der Waals surface area (Å²) in [6, 6.07) is 19.5. The smallest absolute Gasteiger partial charge is 0.317 e. The van der Waals surface area contributed by atoms with Crippen molar-refractivity contribution in [2.75, 3.05) is 20.1 Å². The second kappa shape index (κ2) is 10.8. The Bertz CT molecular complexity index is 924. The summed E-state index contributed by atoms with van der Waals surface area (Å²) in [4.78, 5) is 25.7. The predicted octanol–water partition coefficient (Wildman–Crippen LogP) is 2.76. The number of nitrogens with one attached hydrogen (secondary N) is 2. The number of rotatable bonds is 9. The second-order valence-electron chi connectivity index (χ2n) is 7.04. The third-order valence-electron chi connectivity index (χ3n) is 4.68. The monoisotopic (exact) mass is 405 g/mol. The van der Waals surface area contributed by atoms with Crippen LogP contribution in [-0.4, -0.2) is 46.8 Å². The van der Waals surface area contributed by atoms with Crippen molar-refractivity contribution in [3.8, 4) is 5.69 Å². The van der Waals surface area contributed by atoms with Gasteiger partial charge in [0.25, 0.3) is 0 Å². The van der Waals surface area contributed by atoms with Crippen molar-refractivity contribution in [3.63, 3.8) is 0 Å². The quantitative estimate of drug-likeness (QED) is 0.575. The summed E-state index contributed by atoms with van der Waals surface area (Å²) in [6.07, 6.45) is 4.64. The standard InChI is InChI=1S/C23H27N5O2/c1-27(18-20-6-3-2-4-7-20)23(30)25-16-13-22(29)24-15-12-19-8-10-21(11-9-19)28-17-5-14-26-28/h2-11,14,17H,12-13,15-16,18H2,1H3,(H,24,29)(H,25,30). The SMILES string of the molecule is CN(Cc1ccccc1)C(=O)NCCC(=O)NCCc1ccc(-n2cccn2)cc1. The number of amides is 3. The maximum absolute atomic E-state index is 12.1. The third kappa shape index (κ3) is 6.48. The highest BCUT2D eigenvalue weighted by Gasteiger charge is 2.09. The Morgan fingerprint density at radius 3 is 2.40 bits per heavy atom. The summed E-state index contributed by atoms with van der Waals surface area (Å²) in [5, 5.41) is 9.87. The van der Waals surface area contributed by atoms with Crippen LogP contribution >= 0.6 is 0 Å². The minimum atomic E-state index is -0.191. The molecule has 0 aliphatic heterocycles. The van der Waals surface area contributed by atoms with Crippen molar-refractivity contribution < 1.29 is 9.59 Å². The van der Waals surface area contributed by atoms with Crippen molar-refractivity contribution in [1.82, 2.24) is 25.3 Å². The van der Waals surface area contributed by atoms with Gasteiger partial charge in [-0.1, -0.05) is 42.5 Å². The molecule has 0 spiro atoms. The third-order valence-corrected chi connectivity index (χ3v) is 4.68. The summed E-state index contributed by atoms with van der Waals surface area (Å²) in [5.74, 6) is -0.0748. The number of carbonyl (C=O) groups excluding carboxylic acids is 2. The van der Waals surface area contributed by atoms with Gasteiger partial charge in [-0.15, -0.1) is 0 Å². The van der Waals surface area contributed by atoms with E-state index in [0.29, 0.717) is 19.6 Å². The number of urea groups is 1. The van der Waals surface area contributed by atoms with E-state index in [1.165, 1.54) is 0 Å². The van der Waals surface area contributed by atoms with Crippen LogP contribution in [0, 0.1) is 0 Å². The molecule has 30 heavy (non-hydrogen) atoms. The molecule has 3 aromatic rings. The molecular weight excluding hydrogens is 378 g/mol. The van der Waals surface area contributed by atoms with E-state index < -0.39 is 0 Å². The van der Waals surface area contributed by atoms with E-state index in [1.54, 1.807) is 22.8 Å². The first-order chi connectivity index (χ1) is 14.6. The molecule has 0 bridgehead atoms. The van der Waals surface area contributed by atoms with Gasteiger partial charge in [0.05, 0.1) is 5.69 Å². The number of nitrogens with zero attached hydrogens (tertiary/aromatic N) is 3. The van der Waals surface area contributed by atoms with Gasteiger partial charge in [0.2, 0.25) is 5.91 Å². The van der Waals surface area contributed by atoms with Crippen LogP contribution in [0.4, 0.5) is 4.79 Å². The van der Waals surface area contributed by atoms with Crippen LogP contribution in [0.3, 0.4) is 0 Å². The van der Waals surface area contributed by atoms with E-state index in [-0.39, 0.29) is 18.4 Å². The Hall–Kier alpha value is -3.61. The minimum absolute atomic E-state index is 0.0748. The van der Waals surface area contributed by atoms with Gasteiger partial charge >= 0.3 is 6.03 Å². The average molecular weight is 406 g/mol. The van der Waals surface area contributed by atoms with Crippen LogP contribution in [0.1, 0.15) is 17.5 Å². The van der Waals surface area contributed by atoms with Gasteiger partial charge < -0.3 is 15.5 Å². The van der Waals surface area contributed by atoms with E-state index in [9.17, 15) is 9.59 Å². The molecule has 0 aliphatic carbocycles. The number of hydrogen-bond donors (Lipinski definition) is 2. The lowest BCUT2D eigenvalue weighted by atomic mass is 10.1. The van der Waals surface area contributed by atoms with E-state index >= 15 is 0 Å². The molecular formula is C23H27N5O2. The summed E-state index contributed by atoms with van der Waals surface area (Å²) in [7, 11) is 1.74. The molecule has 0 unspecified atom stereocenters. The van der Waals surface area contributed by atoms with Gasteiger partial charge in [-0.25, -0.2) is 9.48 Å². The number of aromatic nitrogens is 2. The van der Waals surface area contributed by atoms with Crippen LogP contribution in [0.25, 0.3) is 5.69 Å². The maximum atomic E-state index is 12.1. The summed E-state index contributed by atoms with van der Waals surface area (Å²) in [5.41, 5.74) is 3.20. The lowest BCUT2D eigenvalue weighted by Gasteiger charge is -2.18. The van der Waals surface area contributed by atoms with Gasteiger partial charge in [-0.3, -0.25) is 4.79 Å². The molecule has 2 aromatic carbocycles. The molecule has 156 valence electrons. The Kier molecular flexibility index (Phi) is 7.60. The molecule has 0 saturated carbocycles.